The minimum absolute atomic E-state index is 0.321. The Morgan fingerprint density at radius 2 is 1.65 bits per heavy atom. The van der Waals surface area contributed by atoms with Gasteiger partial charge >= 0.3 is 7.12 Å². The van der Waals surface area contributed by atoms with Gasteiger partial charge < -0.3 is 9.31 Å². The number of hydrogen-bond donors (Lipinski definition) is 0. The summed E-state index contributed by atoms with van der Waals surface area (Å²) in [5, 5.41) is 0. The van der Waals surface area contributed by atoms with Crippen LogP contribution < -0.4 is 5.59 Å². The quantitative estimate of drug-likeness (QED) is 0.795. The molecule has 0 atom stereocenters. The molecule has 3 nitrogen and oxygen atoms in total. The second kappa shape index (κ2) is 5.16. The van der Waals surface area contributed by atoms with Gasteiger partial charge in [-0.2, -0.15) is 0 Å². The highest BCUT2D eigenvalue weighted by atomic mass is 16.7. The van der Waals surface area contributed by atoms with Crippen molar-refractivity contribution in [1.29, 1.82) is 0 Å². The van der Waals surface area contributed by atoms with Crippen LogP contribution in [0.15, 0.2) is 12.1 Å². The van der Waals surface area contributed by atoms with Crippen molar-refractivity contribution in [3.63, 3.8) is 0 Å². The van der Waals surface area contributed by atoms with Crippen molar-refractivity contribution in [3.05, 3.63) is 23.4 Å². The van der Waals surface area contributed by atoms with Gasteiger partial charge in [-0.25, -0.2) is 0 Å². The van der Waals surface area contributed by atoms with Gasteiger partial charge in [-0.05, 0) is 58.6 Å². The molecule has 2 rings (SSSR count). The van der Waals surface area contributed by atoms with Gasteiger partial charge in [-0.1, -0.05) is 19.9 Å². The van der Waals surface area contributed by atoms with Gasteiger partial charge in [-0.15, -0.1) is 0 Å². The molecule has 1 fully saturated rings. The van der Waals surface area contributed by atoms with Crippen molar-refractivity contribution >= 4 is 12.7 Å². The molecule has 0 unspecified atom stereocenters. The van der Waals surface area contributed by atoms with Crippen LogP contribution in [0.4, 0.5) is 0 Å². The zero-order valence-electron chi connectivity index (χ0n) is 13.8. The molecule has 1 saturated heterocycles. The zero-order chi connectivity index (χ0) is 15.1. The number of aryl methyl sites for hydroxylation is 1. The average Bonchev–Trinajstić information content (AvgIpc) is 2.50. The third-order valence-corrected chi connectivity index (χ3v) is 4.26. The summed E-state index contributed by atoms with van der Waals surface area (Å²) in [5.41, 5.74) is 2.53. The molecule has 0 saturated carbocycles. The molecule has 2 heterocycles. The minimum atomic E-state index is -0.367. The molecule has 1 aliphatic rings. The molecule has 110 valence electrons. The Hall–Kier alpha value is -0.865. The molecule has 1 aliphatic heterocycles. The molecule has 0 aliphatic carbocycles. The Morgan fingerprint density at radius 3 is 2.15 bits per heavy atom. The Labute approximate surface area is 123 Å². The van der Waals surface area contributed by atoms with Crippen LogP contribution in [0.5, 0.6) is 0 Å². The molecule has 4 heteroatoms. The molecule has 1 aromatic rings. The van der Waals surface area contributed by atoms with Gasteiger partial charge in [0.15, 0.2) is 0 Å². The van der Waals surface area contributed by atoms with Gasteiger partial charge in [0.2, 0.25) is 0 Å². The van der Waals surface area contributed by atoms with Gasteiger partial charge in [-0.3, -0.25) is 4.98 Å². The summed E-state index contributed by atoms with van der Waals surface area (Å²) in [5.74, 6) is 0.584. The van der Waals surface area contributed by atoms with Crippen LogP contribution in [0, 0.1) is 12.8 Å². The van der Waals surface area contributed by atoms with E-state index in [0.29, 0.717) is 5.92 Å². The Bertz CT molecular complexity index is 481. The first-order valence-electron chi connectivity index (χ1n) is 7.44. The summed E-state index contributed by atoms with van der Waals surface area (Å²) >= 11 is 0. The number of rotatable bonds is 3. The first-order valence-corrected chi connectivity index (χ1v) is 7.44. The van der Waals surface area contributed by atoms with Gasteiger partial charge in [0.25, 0.3) is 0 Å². The molecular formula is C16H26BNO2. The van der Waals surface area contributed by atoms with Crippen molar-refractivity contribution in [2.24, 2.45) is 5.92 Å². The Kier molecular flexibility index (Phi) is 4.00. The Balaban J connectivity index is 2.36. The fourth-order valence-corrected chi connectivity index (χ4v) is 2.38. The monoisotopic (exact) mass is 275 g/mol. The zero-order valence-corrected chi connectivity index (χ0v) is 13.8. The lowest BCUT2D eigenvalue weighted by molar-refractivity contribution is 0.00578. The Morgan fingerprint density at radius 1 is 1.10 bits per heavy atom. The molecule has 0 spiro atoms. The summed E-state index contributed by atoms with van der Waals surface area (Å²) in [6, 6.07) is 4.22. The van der Waals surface area contributed by atoms with Crippen molar-refractivity contribution in [3.8, 4) is 0 Å². The SMILES string of the molecule is Cc1ccc(CC(C)C)c(B2OC(C)(C)C(C)(C)O2)n1. The van der Waals surface area contributed by atoms with E-state index in [1.165, 1.54) is 5.56 Å². The lowest BCUT2D eigenvalue weighted by atomic mass is 9.79. The van der Waals surface area contributed by atoms with Crippen molar-refractivity contribution < 1.29 is 9.31 Å². The molecule has 0 N–H and O–H groups in total. The first-order chi connectivity index (χ1) is 9.12. The highest BCUT2D eigenvalue weighted by molar-refractivity contribution is 6.61. The van der Waals surface area contributed by atoms with Crippen LogP contribution in [0.25, 0.3) is 0 Å². The second-order valence-corrected chi connectivity index (χ2v) is 7.18. The topological polar surface area (TPSA) is 31.4 Å². The van der Waals surface area contributed by atoms with E-state index in [9.17, 15) is 0 Å². The van der Waals surface area contributed by atoms with Crippen molar-refractivity contribution in [1.82, 2.24) is 4.98 Å². The lowest BCUT2D eigenvalue weighted by Gasteiger charge is -2.32. The molecule has 20 heavy (non-hydrogen) atoms. The maximum Gasteiger partial charge on any atom is 0.514 e. The number of aromatic nitrogens is 1. The first kappa shape index (κ1) is 15.5. The molecule has 0 aromatic carbocycles. The van der Waals surface area contributed by atoms with E-state index in [1.807, 2.05) is 6.92 Å². The van der Waals surface area contributed by atoms with E-state index in [1.54, 1.807) is 0 Å². The van der Waals surface area contributed by atoms with E-state index >= 15 is 0 Å². The highest BCUT2D eigenvalue weighted by Gasteiger charge is 2.52. The number of pyridine rings is 1. The predicted molar refractivity (Wildman–Crippen MR) is 83.2 cm³/mol. The third-order valence-electron chi connectivity index (χ3n) is 4.26. The fraction of sp³-hybridized carbons (Fsp3) is 0.688. The highest BCUT2D eigenvalue weighted by Crippen LogP contribution is 2.36. The van der Waals surface area contributed by atoms with Crippen LogP contribution in [0.1, 0.15) is 52.8 Å². The van der Waals surface area contributed by atoms with Crippen LogP contribution in [-0.2, 0) is 15.7 Å². The van der Waals surface area contributed by atoms with Gasteiger partial charge in [0.05, 0.1) is 16.8 Å². The van der Waals surface area contributed by atoms with Crippen molar-refractivity contribution in [2.75, 3.05) is 0 Å². The summed E-state index contributed by atoms with van der Waals surface area (Å²) in [7, 11) is -0.367. The van der Waals surface area contributed by atoms with Gasteiger partial charge in [0.1, 0.15) is 0 Å². The van der Waals surface area contributed by atoms with E-state index in [0.717, 1.165) is 17.7 Å². The molecule has 1 aromatic heterocycles. The molecule has 0 bridgehead atoms. The number of nitrogens with zero attached hydrogens (tertiary/aromatic N) is 1. The van der Waals surface area contributed by atoms with Crippen LogP contribution in [0.2, 0.25) is 0 Å². The standard InChI is InChI=1S/C16H26BNO2/c1-11(2)10-13-9-8-12(3)18-14(13)17-19-15(4,5)16(6,7)20-17/h8-9,11H,10H2,1-7H3. The van der Waals surface area contributed by atoms with Crippen LogP contribution in [-0.4, -0.2) is 23.3 Å². The summed E-state index contributed by atoms with van der Waals surface area (Å²) in [6.45, 7) is 14.7. The summed E-state index contributed by atoms with van der Waals surface area (Å²) in [6.07, 6.45) is 0.993. The van der Waals surface area contributed by atoms with Crippen molar-refractivity contribution in [2.45, 2.75) is 66.1 Å². The fourth-order valence-electron chi connectivity index (χ4n) is 2.38. The van der Waals surface area contributed by atoms with E-state index in [2.05, 4.69) is 58.7 Å². The molecule has 0 radical (unpaired) electrons. The average molecular weight is 275 g/mol. The second-order valence-electron chi connectivity index (χ2n) is 7.18. The minimum Gasteiger partial charge on any atom is -0.398 e. The molecular weight excluding hydrogens is 249 g/mol. The largest absolute Gasteiger partial charge is 0.514 e. The molecule has 0 amide bonds. The summed E-state index contributed by atoms with van der Waals surface area (Å²) < 4.78 is 12.3. The smallest absolute Gasteiger partial charge is 0.398 e. The van der Waals surface area contributed by atoms with E-state index in [4.69, 9.17) is 9.31 Å². The van der Waals surface area contributed by atoms with E-state index in [-0.39, 0.29) is 18.3 Å². The van der Waals surface area contributed by atoms with Crippen LogP contribution in [0.3, 0.4) is 0 Å². The third kappa shape index (κ3) is 2.91. The lowest BCUT2D eigenvalue weighted by Crippen LogP contribution is -2.41. The summed E-state index contributed by atoms with van der Waals surface area (Å²) in [4.78, 5) is 4.69. The van der Waals surface area contributed by atoms with Crippen LogP contribution >= 0.6 is 0 Å². The van der Waals surface area contributed by atoms with Gasteiger partial charge in [0, 0.05) is 5.69 Å². The number of hydrogen-bond acceptors (Lipinski definition) is 3. The van der Waals surface area contributed by atoms with E-state index < -0.39 is 0 Å². The maximum atomic E-state index is 6.14. The predicted octanol–water partition coefficient (Wildman–Crippen LogP) is 2.89. The maximum absolute atomic E-state index is 6.14. The normalized spacial score (nSPS) is 20.7.